The van der Waals surface area contributed by atoms with Crippen molar-refractivity contribution < 1.29 is 14.4 Å². The number of aromatic amines is 1. The first-order chi connectivity index (χ1) is 15.6. The highest BCUT2D eigenvalue weighted by atomic mass is 16.6. The predicted octanol–water partition coefficient (Wildman–Crippen LogP) is 1.60. The van der Waals surface area contributed by atoms with E-state index in [2.05, 4.69) is 15.1 Å². The first kappa shape index (κ1) is 20.4. The highest BCUT2D eigenvalue weighted by molar-refractivity contribution is 6.39. The molecule has 1 N–H and O–H groups in total. The van der Waals surface area contributed by atoms with Crippen LogP contribution in [-0.4, -0.2) is 63.5 Å². The maximum atomic E-state index is 13.0. The third-order valence-corrected chi connectivity index (χ3v) is 6.67. The van der Waals surface area contributed by atoms with Crippen LogP contribution in [-0.2, 0) is 9.63 Å². The largest absolute Gasteiger partial charge is 0.387 e. The number of nitrogens with one attached hydrogen (secondary N) is 1. The van der Waals surface area contributed by atoms with Gasteiger partial charge in [-0.1, -0.05) is 35.5 Å². The number of carbonyl (C=O) groups excluding carboxylic acids is 2. The van der Waals surface area contributed by atoms with E-state index in [9.17, 15) is 14.4 Å². The van der Waals surface area contributed by atoms with Crippen molar-refractivity contribution >= 4 is 17.5 Å². The van der Waals surface area contributed by atoms with Crippen molar-refractivity contribution in [1.29, 1.82) is 0 Å². The molecule has 2 saturated heterocycles. The van der Waals surface area contributed by atoms with Crippen LogP contribution in [0.25, 0.3) is 0 Å². The Labute approximate surface area is 185 Å². The van der Waals surface area contributed by atoms with Crippen LogP contribution in [0.15, 0.2) is 52.7 Å². The number of nitrogens with zero attached hydrogens (tertiary/aromatic N) is 4. The summed E-state index contributed by atoms with van der Waals surface area (Å²) in [5.41, 5.74) is 1.42. The van der Waals surface area contributed by atoms with Crippen LogP contribution < -0.4 is 5.56 Å². The van der Waals surface area contributed by atoms with E-state index in [-0.39, 0.29) is 29.2 Å². The number of carbonyl (C=O) groups is 2. The predicted molar refractivity (Wildman–Crippen MR) is 116 cm³/mol. The number of amides is 2. The van der Waals surface area contributed by atoms with E-state index < -0.39 is 0 Å². The molecule has 1 unspecified atom stereocenters. The molecule has 1 aromatic heterocycles. The smallest absolute Gasteiger partial charge is 0.273 e. The fourth-order valence-electron chi connectivity index (χ4n) is 4.87. The van der Waals surface area contributed by atoms with Crippen molar-refractivity contribution in [2.45, 2.75) is 25.4 Å². The molecule has 0 bridgehead atoms. The zero-order valence-electron chi connectivity index (χ0n) is 17.6. The number of fused-ring (bicyclic) bond motifs is 1. The summed E-state index contributed by atoms with van der Waals surface area (Å²) in [6.07, 6.45) is 4.46. The van der Waals surface area contributed by atoms with Crippen molar-refractivity contribution in [1.82, 2.24) is 19.8 Å². The number of rotatable bonds is 3. The number of likely N-dealkylation sites (tertiary alicyclic amines) is 2. The Morgan fingerprint density at radius 2 is 1.72 bits per heavy atom. The van der Waals surface area contributed by atoms with Crippen LogP contribution in [0.5, 0.6) is 0 Å². The minimum atomic E-state index is -0.328. The molecule has 0 aliphatic carbocycles. The number of aromatic nitrogens is 2. The molecule has 0 radical (unpaired) electrons. The first-order valence-corrected chi connectivity index (χ1v) is 11.0. The number of benzene rings is 1. The lowest BCUT2D eigenvalue weighted by Crippen LogP contribution is -2.38. The van der Waals surface area contributed by atoms with Crippen LogP contribution in [0.3, 0.4) is 0 Å². The van der Waals surface area contributed by atoms with E-state index in [0.29, 0.717) is 50.1 Å². The van der Waals surface area contributed by atoms with Gasteiger partial charge in [-0.25, -0.2) is 4.98 Å². The van der Waals surface area contributed by atoms with Gasteiger partial charge in [-0.05, 0) is 30.2 Å². The van der Waals surface area contributed by atoms with Gasteiger partial charge >= 0.3 is 0 Å². The summed E-state index contributed by atoms with van der Waals surface area (Å²) in [6.45, 7) is 2.58. The monoisotopic (exact) mass is 435 g/mol. The van der Waals surface area contributed by atoms with Gasteiger partial charge in [0.25, 0.3) is 17.4 Å². The summed E-state index contributed by atoms with van der Waals surface area (Å²) in [5, 5.41) is 4.09. The molecular formula is C23H25N5O4. The van der Waals surface area contributed by atoms with Crippen molar-refractivity contribution in [2.24, 2.45) is 17.0 Å². The fourth-order valence-corrected chi connectivity index (χ4v) is 4.87. The number of oxime groups is 1. The summed E-state index contributed by atoms with van der Waals surface area (Å²) in [6, 6.07) is 9.82. The van der Waals surface area contributed by atoms with Gasteiger partial charge in [0.1, 0.15) is 11.4 Å². The quantitative estimate of drug-likeness (QED) is 0.788. The second kappa shape index (κ2) is 8.57. The summed E-state index contributed by atoms with van der Waals surface area (Å²) in [4.78, 5) is 52.6. The SMILES string of the molecule is O=C(C1=NOC(c2ccccc2)C1)N1CC[C@@H]2CN(C(=O)c3c[nH]c(=O)cn3)C[C@@H]2CC1. The molecule has 0 spiro atoms. The standard InChI is InChI=1S/C23H25N5O4/c29-21-12-24-19(11-25-21)23(31)28-13-16-6-8-27(9-7-17(16)14-28)22(30)18-10-20(32-26-18)15-4-2-1-3-5-15/h1-5,11-12,16-17,20H,6-10,13-14H2,(H,25,29)/t16-,17+,20?. The highest BCUT2D eigenvalue weighted by Gasteiger charge is 2.39. The van der Waals surface area contributed by atoms with Crippen molar-refractivity contribution in [3.8, 4) is 0 Å². The van der Waals surface area contributed by atoms with E-state index in [4.69, 9.17) is 4.84 Å². The first-order valence-electron chi connectivity index (χ1n) is 11.0. The topological polar surface area (TPSA) is 108 Å². The molecule has 32 heavy (non-hydrogen) atoms. The Kier molecular flexibility index (Phi) is 5.46. The van der Waals surface area contributed by atoms with E-state index >= 15 is 0 Å². The van der Waals surface area contributed by atoms with Crippen LogP contribution in [0.2, 0.25) is 0 Å². The Balaban J connectivity index is 1.17. The van der Waals surface area contributed by atoms with Crippen molar-refractivity contribution in [3.63, 3.8) is 0 Å². The molecule has 1 aromatic carbocycles. The minimum absolute atomic E-state index is 0.0474. The van der Waals surface area contributed by atoms with Gasteiger partial charge in [0.15, 0.2) is 6.10 Å². The molecular weight excluding hydrogens is 410 g/mol. The lowest BCUT2D eigenvalue weighted by molar-refractivity contribution is -0.124. The van der Waals surface area contributed by atoms with Gasteiger partial charge in [-0.3, -0.25) is 14.4 Å². The Bertz CT molecular complexity index is 1060. The molecule has 5 rings (SSSR count). The molecule has 9 nitrogen and oxygen atoms in total. The summed E-state index contributed by atoms with van der Waals surface area (Å²) < 4.78 is 0. The van der Waals surface area contributed by atoms with Crippen molar-refractivity contribution in [3.05, 3.63) is 64.3 Å². The minimum Gasteiger partial charge on any atom is -0.387 e. The fraction of sp³-hybridized carbons (Fsp3) is 0.435. The van der Waals surface area contributed by atoms with Crippen LogP contribution >= 0.6 is 0 Å². The average Bonchev–Trinajstić information content (AvgIpc) is 3.43. The van der Waals surface area contributed by atoms with E-state index in [1.165, 1.54) is 6.20 Å². The van der Waals surface area contributed by atoms with Crippen molar-refractivity contribution in [2.75, 3.05) is 26.2 Å². The van der Waals surface area contributed by atoms with E-state index in [1.54, 1.807) is 0 Å². The summed E-state index contributed by atoms with van der Waals surface area (Å²) >= 11 is 0. The van der Waals surface area contributed by atoms with Crippen LogP contribution in [0.1, 0.15) is 41.4 Å². The van der Waals surface area contributed by atoms with Gasteiger partial charge in [0, 0.05) is 38.8 Å². The van der Waals surface area contributed by atoms with Gasteiger partial charge in [0.05, 0.1) is 6.20 Å². The van der Waals surface area contributed by atoms with Crippen LogP contribution in [0.4, 0.5) is 0 Å². The summed E-state index contributed by atoms with van der Waals surface area (Å²) in [5.74, 6) is 0.483. The molecule has 9 heteroatoms. The molecule has 166 valence electrons. The van der Waals surface area contributed by atoms with E-state index in [0.717, 1.165) is 24.6 Å². The maximum absolute atomic E-state index is 13.0. The number of hydrogen-bond acceptors (Lipinski definition) is 6. The molecule has 2 fully saturated rings. The molecule has 2 amide bonds. The zero-order valence-corrected chi connectivity index (χ0v) is 17.6. The Morgan fingerprint density at radius 3 is 2.38 bits per heavy atom. The normalized spacial score (nSPS) is 25.0. The second-order valence-corrected chi connectivity index (χ2v) is 8.64. The van der Waals surface area contributed by atoms with Gasteiger partial charge in [-0.2, -0.15) is 0 Å². The van der Waals surface area contributed by atoms with Gasteiger partial charge < -0.3 is 19.6 Å². The lowest BCUT2D eigenvalue weighted by atomic mass is 9.92. The van der Waals surface area contributed by atoms with E-state index in [1.807, 2.05) is 40.1 Å². The Morgan fingerprint density at radius 1 is 1.00 bits per heavy atom. The zero-order chi connectivity index (χ0) is 22.1. The lowest BCUT2D eigenvalue weighted by Gasteiger charge is -2.22. The molecule has 2 aromatic rings. The molecule has 3 atom stereocenters. The highest BCUT2D eigenvalue weighted by Crippen LogP contribution is 2.33. The van der Waals surface area contributed by atoms with Gasteiger partial charge in [-0.15, -0.1) is 0 Å². The third kappa shape index (κ3) is 4.02. The second-order valence-electron chi connectivity index (χ2n) is 8.64. The average molecular weight is 435 g/mol. The molecule has 4 heterocycles. The number of H-pyrrole nitrogens is 1. The molecule has 3 aliphatic heterocycles. The number of hydrogen-bond donors (Lipinski definition) is 1. The molecule has 3 aliphatic rings. The maximum Gasteiger partial charge on any atom is 0.273 e. The molecule has 0 saturated carbocycles. The summed E-state index contributed by atoms with van der Waals surface area (Å²) in [7, 11) is 0. The van der Waals surface area contributed by atoms with Gasteiger partial charge in [0.2, 0.25) is 0 Å². The third-order valence-electron chi connectivity index (χ3n) is 6.67. The van der Waals surface area contributed by atoms with Crippen LogP contribution in [0, 0.1) is 11.8 Å². The Hall–Kier alpha value is -3.49.